The smallest absolute Gasteiger partial charge is 0.223 e. The summed E-state index contributed by atoms with van der Waals surface area (Å²) in [6.07, 6.45) is 5.62. The Morgan fingerprint density at radius 1 is 1.39 bits per heavy atom. The molecule has 1 N–H and O–H groups in total. The van der Waals surface area contributed by atoms with E-state index in [9.17, 15) is 4.79 Å². The monoisotopic (exact) mass is 314 g/mol. The van der Waals surface area contributed by atoms with E-state index in [0.29, 0.717) is 13.0 Å². The molecule has 2 aromatic rings. The quantitative estimate of drug-likeness (QED) is 0.916. The van der Waals surface area contributed by atoms with Crippen LogP contribution in [0, 0.1) is 13.8 Å². The fourth-order valence-corrected chi connectivity index (χ4v) is 2.99. The highest BCUT2D eigenvalue weighted by molar-refractivity contribution is 5.76. The average Bonchev–Trinajstić information content (AvgIpc) is 3.14. The molecule has 3 heterocycles. The topological polar surface area (TPSA) is 71.1 Å². The molecule has 6 heteroatoms. The highest BCUT2D eigenvalue weighted by atomic mass is 16.5. The lowest BCUT2D eigenvalue weighted by molar-refractivity contribution is -0.130. The molecule has 1 fully saturated rings. The van der Waals surface area contributed by atoms with Crippen molar-refractivity contribution in [1.82, 2.24) is 20.1 Å². The second-order valence-electron chi connectivity index (χ2n) is 5.96. The van der Waals surface area contributed by atoms with Gasteiger partial charge >= 0.3 is 0 Å². The molecule has 6 nitrogen and oxygen atoms in total. The zero-order valence-electron chi connectivity index (χ0n) is 13.6. The Labute approximate surface area is 135 Å². The number of carbonyl (C=O) groups excluding carboxylic acids is 1. The van der Waals surface area contributed by atoms with E-state index in [2.05, 4.69) is 15.2 Å². The molecular weight excluding hydrogens is 292 g/mol. The van der Waals surface area contributed by atoms with Gasteiger partial charge in [0.1, 0.15) is 11.9 Å². The van der Waals surface area contributed by atoms with Crippen molar-refractivity contribution < 1.29 is 9.53 Å². The van der Waals surface area contributed by atoms with Gasteiger partial charge in [0.05, 0.1) is 12.2 Å². The van der Waals surface area contributed by atoms with Crippen molar-refractivity contribution in [2.45, 2.75) is 39.2 Å². The second kappa shape index (κ2) is 6.81. The summed E-state index contributed by atoms with van der Waals surface area (Å²) in [5.74, 6) is 0.995. The standard InChI is InChI=1S/C17H22N4O2/c1-12-16(13(2)20-19-12)3-4-17(22)21-10-7-15(11-21)23-14-5-8-18-9-6-14/h5-6,8-9,15H,3-4,7,10-11H2,1-2H3,(H,19,20)/t15-/m1/s1. The first kappa shape index (κ1) is 15.5. The molecule has 0 saturated carbocycles. The molecule has 1 saturated heterocycles. The van der Waals surface area contributed by atoms with Crippen LogP contribution < -0.4 is 4.74 Å². The van der Waals surface area contributed by atoms with Gasteiger partial charge in [0.25, 0.3) is 0 Å². The van der Waals surface area contributed by atoms with E-state index in [1.807, 2.05) is 30.9 Å². The van der Waals surface area contributed by atoms with Crippen LogP contribution in [0.25, 0.3) is 0 Å². The van der Waals surface area contributed by atoms with Crippen molar-refractivity contribution in [2.24, 2.45) is 0 Å². The van der Waals surface area contributed by atoms with Gasteiger partial charge in [-0.3, -0.25) is 14.9 Å². The summed E-state index contributed by atoms with van der Waals surface area (Å²) >= 11 is 0. The van der Waals surface area contributed by atoms with Gasteiger partial charge in [-0.2, -0.15) is 5.10 Å². The summed E-state index contributed by atoms with van der Waals surface area (Å²) in [4.78, 5) is 18.3. The Bertz CT molecular complexity index is 649. The number of hydrogen-bond donors (Lipinski definition) is 1. The summed E-state index contributed by atoms with van der Waals surface area (Å²) in [6.45, 7) is 5.38. The lowest BCUT2D eigenvalue weighted by Crippen LogP contribution is -2.31. The summed E-state index contributed by atoms with van der Waals surface area (Å²) in [7, 11) is 0. The Morgan fingerprint density at radius 3 is 2.87 bits per heavy atom. The van der Waals surface area contributed by atoms with Crippen LogP contribution in [0.5, 0.6) is 5.75 Å². The maximum absolute atomic E-state index is 12.4. The maximum atomic E-state index is 12.4. The molecule has 0 aliphatic carbocycles. The van der Waals surface area contributed by atoms with Crippen molar-refractivity contribution in [3.05, 3.63) is 41.5 Å². The Kier molecular flexibility index (Phi) is 4.60. The van der Waals surface area contributed by atoms with Gasteiger partial charge in [-0.05, 0) is 38.0 Å². The first-order valence-corrected chi connectivity index (χ1v) is 7.98. The number of hydrogen-bond acceptors (Lipinski definition) is 4. The number of aromatic amines is 1. The van der Waals surface area contributed by atoms with Crippen LogP contribution in [0.2, 0.25) is 0 Å². The van der Waals surface area contributed by atoms with Gasteiger partial charge in [-0.25, -0.2) is 0 Å². The van der Waals surface area contributed by atoms with Crippen LogP contribution in [0.3, 0.4) is 0 Å². The minimum atomic E-state index is 0.0683. The van der Waals surface area contributed by atoms with Crippen LogP contribution in [-0.4, -0.2) is 45.2 Å². The number of nitrogens with one attached hydrogen (secondary N) is 1. The molecule has 1 aliphatic heterocycles. The minimum Gasteiger partial charge on any atom is -0.488 e. The third-order valence-corrected chi connectivity index (χ3v) is 4.32. The number of pyridine rings is 1. The number of carbonyl (C=O) groups is 1. The fourth-order valence-electron chi connectivity index (χ4n) is 2.99. The van der Waals surface area contributed by atoms with Crippen molar-refractivity contribution in [1.29, 1.82) is 0 Å². The highest BCUT2D eigenvalue weighted by Gasteiger charge is 2.27. The molecule has 1 atom stereocenters. The molecule has 0 spiro atoms. The number of rotatable bonds is 5. The van der Waals surface area contributed by atoms with E-state index in [0.717, 1.165) is 42.1 Å². The van der Waals surface area contributed by atoms with E-state index in [1.54, 1.807) is 12.4 Å². The summed E-state index contributed by atoms with van der Waals surface area (Å²) < 4.78 is 5.90. The number of aryl methyl sites for hydroxylation is 2. The molecule has 0 radical (unpaired) electrons. The van der Waals surface area contributed by atoms with Crippen LogP contribution in [0.15, 0.2) is 24.5 Å². The van der Waals surface area contributed by atoms with Crippen LogP contribution in [-0.2, 0) is 11.2 Å². The van der Waals surface area contributed by atoms with Crippen molar-refractivity contribution in [3.8, 4) is 5.75 Å². The average molecular weight is 314 g/mol. The Balaban J connectivity index is 1.49. The molecule has 1 aliphatic rings. The third-order valence-electron chi connectivity index (χ3n) is 4.32. The largest absolute Gasteiger partial charge is 0.488 e. The normalized spacial score (nSPS) is 17.5. The lowest BCUT2D eigenvalue weighted by Gasteiger charge is -2.17. The van der Waals surface area contributed by atoms with Gasteiger partial charge in [0, 0.05) is 37.5 Å². The van der Waals surface area contributed by atoms with Crippen LogP contribution >= 0.6 is 0 Å². The number of amides is 1. The van der Waals surface area contributed by atoms with Crippen molar-refractivity contribution in [2.75, 3.05) is 13.1 Å². The van der Waals surface area contributed by atoms with Crippen LogP contribution in [0.1, 0.15) is 29.8 Å². The predicted molar refractivity (Wildman–Crippen MR) is 86.2 cm³/mol. The van der Waals surface area contributed by atoms with E-state index in [-0.39, 0.29) is 12.0 Å². The van der Waals surface area contributed by atoms with Gasteiger partial charge in [0.2, 0.25) is 5.91 Å². The molecular formula is C17H22N4O2. The van der Waals surface area contributed by atoms with E-state index >= 15 is 0 Å². The van der Waals surface area contributed by atoms with E-state index in [1.165, 1.54) is 0 Å². The number of aromatic nitrogens is 3. The molecule has 122 valence electrons. The minimum absolute atomic E-state index is 0.0683. The van der Waals surface area contributed by atoms with Gasteiger partial charge in [0.15, 0.2) is 0 Å². The van der Waals surface area contributed by atoms with E-state index < -0.39 is 0 Å². The lowest BCUT2D eigenvalue weighted by atomic mass is 10.1. The zero-order valence-corrected chi connectivity index (χ0v) is 13.6. The molecule has 0 bridgehead atoms. The number of ether oxygens (including phenoxy) is 1. The zero-order chi connectivity index (χ0) is 16.2. The van der Waals surface area contributed by atoms with Gasteiger partial charge in [-0.15, -0.1) is 0 Å². The molecule has 0 aromatic carbocycles. The second-order valence-corrected chi connectivity index (χ2v) is 5.96. The summed E-state index contributed by atoms with van der Waals surface area (Å²) in [5, 5.41) is 7.14. The Morgan fingerprint density at radius 2 is 2.17 bits per heavy atom. The summed E-state index contributed by atoms with van der Waals surface area (Å²) in [6, 6.07) is 3.68. The highest BCUT2D eigenvalue weighted by Crippen LogP contribution is 2.19. The SMILES string of the molecule is Cc1n[nH]c(C)c1CCC(=O)N1CC[C@@H](Oc2ccncc2)C1. The maximum Gasteiger partial charge on any atom is 0.223 e. The fraction of sp³-hybridized carbons (Fsp3) is 0.471. The first-order chi connectivity index (χ1) is 11.1. The van der Waals surface area contributed by atoms with Crippen molar-refractivity contribution in [3.63, 3.8) is 0 Å². The summed E-state index contributed by atoms with van der Waals surface area (Å²) in [5.41, 5.74) is 3.19. The third kappa shape index (κ3) is 3.70. The van der Waals surface area contributed by atoms with Gasteiger partial charge < -0.3 is 9.64 Å². The Hall–Kier alpha value is -2.37. The number of H-pyrrole nitrogens is 1. The molecule has 1 amide bonds. The molecule has 0 unspecified atom stereocenters. The predicted octanol–water partition coefficient (Wildman–Crippen LogP) is 2.03. The number of nitrogens with zero attached hydrogens (tertiary/aromatic N) is 3. The first-order valence-electron chi connectivity index (χ1n) is 7.98. The molecule has 3 rings (SSSR count). The molecule has 23 heavy (non-hydrogen) atoms. The van der Waals surface area contributed by atoms with Crippen molar-refractivity contribution >= 4 is 5.91 Å². The van der Waals surface area contributed by atoms with E-state index in [4.69, 9.17) is 4.74 Å². The molecule has 2 aromatic heterocycles. The number of likely N-dealkylation sites (tertiary alicyclic amines) is 1. The van der Waals surface area contributed by atoms with Gasteiger partial charge in [-0.1, -0.05) is 0 Å². The van der Waals surface area contributed by atoms with Crippen LogP contribution in [0.4, 0.5) is 0 Å².